The number of carboxylic acids is 1. The van der Waals surface area contributed by atoms with Gasteiger partial charge in [-0.05, 0) is 61.6 Å². The van der Waals surface area contributed by atoms with Crippen LogP contribution in [0, 0.1) is 6.92 Å². The molecule has 38 heavy (non-hydrogen) atoms. The van der Waals surface area contributed by atoms with E-state index in [9.17, 15) is 14.7 Å². The minimum Gasteiger partial charge on any atom is -0.477 e. The molecule has 1 fully saturated rings. The first kappa shape index (κ1) is 23.0. The number of aryl methyl sites for hydroxylation is 1. The predicted molar refractivity (Wildman–Crippen MR) is 148 cm³/mol. The zero-order chi connectivity index (χ0) is 26.0. The van der Waals surface area contributed by atoms with E-state index in [1.807, 2.05) is 35.8 Å². The molecule has 0 spiro atoms. The molecule has 1 aliphatic carbocycles. The van der Waals surface area contributed by atoms with Gasteiger partial charge in [0.25, 0.3) is 0 Å². The van der Waals surface area contributed by atoms with Gasteiger partial charge in [0, 0.05) is 23.3 Å². The highest BCUT2D eigenvalue weighted by molar-refractivity contribution is 7.21. The molecule has 190 valence electrons. The number of rotatable bonds is 3. The number of thiophene rings is 1. The van der Waals surface area contributed by atoms with Crippen molar-refractivity contribution in [2.75, 3.05) is 5.32 Å². The van der Waals surface area contributed by atoms with Crippen LogP contribution in [0.15, 0.2) is 42.7 Å². The monoisotopic (exact) mass is 523 g/mol. The van der Waals surface area contributed by atoms with E-state index in [0.29, 0.717) is 10.8 Å². The summed E-state index contributed by atoms with van der Waals surface area (Å²) in [7, 11) is 0. The van der Waals surface area contributed by atoms with Crippen molar-refractivity contribution >= 4 is 50.0 Å². The van der Waals surface area contributed by atoms with Gasteiger partial charge < -0.3 is 15.0 Å². The third kappa shape index (κ3) is 3.53. The molecule has 1 aliphatic heterocycles. The van der Waals surface area contributed by atoms with E-state index in [1.54, 1.807) is 18.5 Å². The van der Waals surface area contributed by atoms with Crippen LogP contribution in [0.25, 0.3) is 43.8 Å². The van der Waals surface area contributed by atoms with Gasteiger partial charge in [-0.25, -0.2) is 9.78 Å². The first-order valence-corrected chi connectivity index (χ1v) is 13.7. The van der Waals surface area contributed by atoms with Crippen LogP contribution in [0.2, 0.25) is 0 Å². The number of fused-ring (bicyclic) bond motifs is 7. The number of carbonyl (C=O) groups excluding carboxylic acids is 1. The van der Waals surface area contributed by atoms with Gasteiger partial charge in [-0.15, -0.1) is 11.3 Å². The first-order chi connectivity index (χ1) is 18.5. The number of nitrogens with one attached hydrogen (secondary N) is 1. The highest BCUT2D eigenvalue weighted by atomic mass is 32.1. The second-order valence-corrected chi connectivity index (χ2v) is 11.2. The Bertz CT molecular complexity index is 1780. The fourth-order valence-corrected chi connectivity index (χ4v) is 7.25. The number of carboxylic acid groups (broad SMARTS) is 1. The summed E-state index contributed by atoms with van der Waals surface area (Å²) < 4.78 is 3.02. The molecule has 7 rings (SSSR count). The fourth-order valence-electron chi connectivity index (χ4n) is 6.13. The van der Waals surface area contributed by atoms with Crippen molar-refractivity contribution in [2.45, 2.75) is 51.5 Å². The minimum atomic E-state index is -0.931. The second kappa shape index (κ2) is 8.73. The van der Waals surface area contributed by atoms with Gasteiger partial charge in [0.15, 0.2) is 0 Å². The third-order valence-electron chi connectivity index (χ3n) is 7.81. The molecule has 2 aliphatic rings. The van der Waals surface area contributed by atoms with Gasteiger partial charge in [-0.1, -0.05) is 19.3 Å². The van der Waals surface area contributed by atoms with Gasteiger partial charge in [0.05, 0.1) is 38.5 Å². The molecule has 8 nitrogen and oxygen atoms in total. The molecule has 4 aromatic heterocycles. The van der Waals surface area contributed by atoms with Crippen molar-refractivity contribution in [3.63, 3.8) is 0 Å². The molecule has 1 saturated carbocycles. The number of hydrogen-bond acceptors (Lipinski definition) is 6. The quantitative estimate of drug-likeness (QED) is 0.284. The Morgan fingerprint density at radius 3 is 2.71 bits per heavy atom. The van der Waals surface area contributed by atoms with Crippen LogP contribution in [-0.4, -0.2) is 36.5 Å². The van der Waals surface area contributed by atoms with Crippen LogP contribution in [0.1, 0.15) is 59.0 Å². The van der Waals surface area contributed by atoms with Crippen LogP contribution in [-0.2, 0) is 11.3 Å². The molecule has 0 atom stereocenters. The lowest BCUT2D eigenvalue weighted by Gasteiger charge is -2.23. The summed E-state index contributed by atoms with van der Waals surface area (Å²) in [6.07, 6.45) is 9.00. The Balaban J connectivity index is 1.48. The van der Waals surface area contributed by atoms with E-state index in [0.717, 1.165) is 80.8 Å². The fraction of sp³-hybridized carbons (Fsp3) is 0.276. The third-order valence-corrected chi connectivity index (χ3v) is 8.96. The Labute approximate surface area is 222 Å². The van der Waals surface area contributed by atoms with E-state index in [2.05, 4.69) is 15.3 Å². The second-order valence-electron chi connectivity index (χ2n) is 10.1. The van der Waals surface area contributed by atoms with Crippen molar-refractivity contribution in [3.8, 4) is 22.6 Å². The Morgan fingerprint density at radius 2 is 1.92 bits per heavy atom. The Hall–Kier alpha value is -4.11. The van der Waals surface area contributed by atoms with Crippen LogP contribution >= 0.6 is 11.3 Å². The van der Waals surface area contributed by atoms with Gasteiger partial charge in [0.1, 0.15) is 17.1 Å². The average molecular weight is 524 g/mol. The number of benzene rings is 1. The van der Waals surface area contributed by atoms with Gasteiger partial charge in [-0.2, -0.15) is 0 Å². The molecule has 0 unspecified atom stereocenters. The summed E-state index contributed by atoms with van der Waals surface area (Å²) in [5.41, 5.74) is 7.79. The summed E-state index contributed by atoms with van der Waals surface area (Å²) in [6.45, 7) is 2.04. The van der Waals surface area contributed by atoms with Crippen molar-refractivity contribution in [3.05, 3.63) is 58.9 Å². The van der Waals surface area contributed by atoms with E-state index in [1.165, 1.54) is 23.3 Å². The summed E-state index contributed by atoms with van der Waals surface area (Å²) in [4.78, 5) is 39.1. The molecule has 0 radical (unpaired) electrons. The number of pyridine rings is 1. The Kier molecular flexibility index (Phi) is 5.29. The Morgan fingerprint density at radius 1 is 1.11 bits per heavy atom. The number of aromatic nitrogens is 4. The molecule has 0 saturated heterocycles. The lowest BCUT2D eigenvalue weighted by Crippen LogP contribution is -2.16. The molecule has 1 amide bonds. The standard InChI is InChI=1S/C29H25N5O3S/c1-15-25(31-12-11-30-15)20-10-7-17-19(32-20)9-8-18-26(17)33-23(35)14-34-21-13-22(29(36)37)38-28(21)24(27(18)34)16-5-3-2-4-6-16/h7-13,16H,2-6,14H2,1H3,(H,33,35)(H,36,37). The highest BCUT2D eigenvalue weighted by Gasteiger charge is 2.32. The summed E-state index contributed by atoms with van der Waals surface area (Å²) in [5.74, 6) is -0.735. The summed E-state index contributed by atoms with van der Waals surface area (Å²) in [5, 5.41) is 13.7. The molecule has 5 heterocycles. The average Bonchev–Trinajstić information content (AvgIpc) is 3.43. The van der Waals surface area contributed by atoms with E-state index in [4.69, 9.17) is 4.98 Å². The maximum atomic E-state index is 13.3. The van der Waals surface area contributed by atoms with Crippen molar-refractivity contribution in [1.29, 1.82) is 0 Å². The van der Waals surface area contributed by atoms with Crippen LogP contribution in [0.5, 0.6) is 0 Å². The number of hydrogen-bond donors (Lipinski definition) is 2. The van der Waals surface area contributed by atoms with E-state index in [-0.39, 0.29) is 12.5 Å². The number of aromatic carboxylic acids is 1. The number of anilines is 1. The molecule has 5 aromatic rings. The lowest BCUT2D eigenvalue weighted by molar-refractivity contribution is -0.116. The molecular weight excluding hydrogens is 498 g/mol. The van der Waals surface area contributed by atoms with Crippen molar-refractivity contribution in [1.82, 2.24) is 19.5 Å². The maximum absolute atomic E-state index is 13.3. The lowest BCUT2D eigenvalue weighted by atomic mass is 9.83. The zero-order valence-electron chi connectivity index (χ0n) is 20.8. The largest absolute Gasteiger partial charge is 0.477 e. The maximum Gasteiger partial charge on any atom is 0.345 e. The van der Waals surface area contributed by atoms with Gasteiger partial charge in [0.2, 0.25) is 5.91 Å². The van der Waals surface area contributed by atoms with Crippen LogP contribution < -0.4 is 5.32 Å². The molecule has 0 bridgehead atoms. The number of amides is 1. The van der Waals surface area contributed by atoms with E-state index >= 15 is 0 Å². The molecular formula is C29H25N5O3S. The molecule has 2 N–H and O–H groups in total. The smallest absolute Gasteiger partial charge is 0.345 e. The zero-order valence-corrected chi connectivity index (χ0v) is 21.6. The number of nitrogens with zero attached hydrogens (tertiary/aromatic N) is 4. The summed E-state index contributed by atoms with van der Waals surface area (Å²) in [6, 6.07) is 9.70. The van der Waals surface area contributed by atoms with Gasteiger partial charge >= 0.3 is 5.97 Å². The SMILES string of the molecule is Cc1nccnc1-c1ccc2c3c(ccc2n1)-c1c(C2CCCCC2)c2sc(C(=O)O)cc2n1CC(=O)N3. The predicted octanol–water partition coefficient (Wildman–Crippen LogP) is 6.38. The van der Waals surface area contributed by atoms with Crippen molar-refractivity contribution in [2.24, 2.45) is 0 Å². The summed E-state index contributed by atoms with van der Waals surface area (Å²) >= 11 is 1.33. The normalized spacial score (nSPS) is 15.8. The van der Waals surface area contributed by atoms with E-state index < -0.39 is 5.97 Å². The van der Waals surface area contributed by atoms with Gasteiger partial charge in [-0.3, -0.25) is 14.8 Å². The highest BCUT2D eigenvalue weighted by Crippen LogP contribution is 2.49. The molecule has 9 heteroatoms. The topological polar surface area (TPSA) is 110 Å². The molecule has 1 aromatic carbocycles. The van der Waals surface area contributed by atoms with Crippen molar-refractivity contribution < 1.29 is 14.7 Å². The number of carbonyl (C=O) groups is 2. The minimum absolute atomic E-state index is 0.134. The van der Waals surface area contributed by atoms with Crippen LogP contribution in [0.4, 0.5) is 5.69 Å². The first-order valence-electron chi connectivity index (χ1n) is 12.9. The van der Waals surface area contributed by atoms with Crippen LogP contribution in [0.3, 0.4) is 0 Å².